The van der Waals surface area contributed by atoms with Crippen LogP contribution in [0.25, 0.3) is 0 Å². The Morgan fingerprint density at radius 1 is 1.25 bits per heavy atom. The molecule has 0 aliphatic carbocycles. The molecule has 0 spiro atoms. The molecule has 2 heterocycles. The largest absolute Gasteiger partial charge is 0.491 e. The molecule has 1 aromatic heterocycles. The fourth-order valence-corrected chi connectivity index (χ4v) is 3.57. The van der Waals surface area contributed by atoms with Gasteiger partial charge in [-0.1, -0.05) is 18.2 Å². The van der Waals surface area contributed by atoms with Crippen LogP contribution in [0.5, 0.6) is 5.75 Å². The van der Waals surface area contributed by atoms with Crippen LogP contribution in [-0.2, 0) is 23.9 Å². The van der Waals surface area contributed by atoms with Crippen molar-refractivity contribution in [3.63, 3.8) is 0 Å². The second-order valence-corrected chi connectivity index (χ2v) is 7.36. The van der Waals surface area contributed by atoms with Gasteiger partial charge in [-0.15, -0.1) is 0 Å². The Morgan fingerprint density at radius 3 is 2.75 bits per heavy atom. The molecule has 10 heteroatoms. The third kappa shape index (κ3) is 4.61. The van der Waals surface area contributed by atoms with Gasteiger partial charge in [-0.25, -0.2) is 0 Å². The van der Waals surface area contributed by atoms with Gasteiger partial charge in [0.2, 0.25) is 0 Å². The topological polar surface area (TPSA) is 94.7 Å². The van der Waals surface area contributed by atoms with Crippen LogP contribution in [0, 0.1) is 0 Å². The Morgan fingerprint density at radius 2 is 2.06 bits per heavy atom. The number of primary amides is 1. The maximum absolute atomic E-state index is 13.0. The van der Waals surface area contributed by atoms with Crippen LogP contribution in [0.1, 0.15) is 38.7 Å². The van der Waals surface area contributed by atoms with E-state index >= 15 is 0 Å². The number of nitrogens with zero attached hydrogens (tertiary/aromatic N) is 1. The summed E-state index contributed by atoms with van der Waals surface area (Å²) in [5.41, 5.74) is 6.76. The Bertz CT molecular complexity index is 1140. The Balaban J connectivity index is 1.60. The van der Waals surface area contributed by atoms with Crippen LogP contribution in [0.3, 0.4) is 0 Å². The molecule has 0 radical (unpaired) electrons. The lowest BCUT2D eigenvalue weighted by Crippen LogP contribution is -2.43. The van der Waals surface area contributed by atoms with E-state index in [1.165, 1.54) is 12.1 Å². The first-order chi connectivity index (χ1) is 15.2. The Hall–Kier alpha value is -3.37. The van der Waals surface area contributed by atoms with E-state index in [2.05, 4.69) is 4.98 Å². The van der Waals surface area contributed by atoms with Gasteiger partial charge in [0, 0.05) is 24.4 Å². The summed E-state index contributed by atoms with van der Waals surface area (Å²) < 4.78 is 50.3. The van der Waals surface area contributed by atoms with Crippen LogP contribution in [-0.4, -0.2) is 23.0 Å². The van der Waals surface area contributed by atoms with E-state index in [1.807, 2.05) is 6.07 Å². The van der Waals surface area contributed by atoms with Crippen molar-refractivity contribution in [3.8, 4) is 5.75 Å². The van der Waals surface area contributed by atoms with E-state index in [-0.39, 0.29) is 29.8 Å². The summed E-state index contributed by atoms with van der Waals surface area (Å²) in [5.74, 6) is -0.442. The number of nitrogens with two attached hydrogens (primary N) is 1. The van der Waals surface area contributed by atoms with Gasteiger partial charge in [0.1, 0.15) is 12.4 Å². The number of ether oxygens (including phenoxy) is 1. The van der Waals surface area contributed by atoms with Crippen molar-refractivity contribution in [1.82, 2.24) is 4.98 Å². The first-order valence-corrected chi connectivity index (χ1v) is 9.71. The molecular formula is C22H18BF3N2O4. The first-order valence-electron chi connectivity index (χ1n) is 9.71. The summed E-state index contributed by atoms with van der Waals surface area (Å²) in [5, 5.41) is 10.3. The number of carbonyl (C=O) groups is 1. The van der Waals surface area contributed by atoms with Gasteiger partial charge in [-0.05, 0) is 46.9 Å². The summed E-state index contributed by atoms with van der Waals surface area (Å²) in [7, 11) is -1.53. The molecule has 0 bridgehead atoms. The normalized spacial score (nSPS) is 15.9. The number of hydrogen-bond acceptors (Lipinski definition) is 5. The Kier molecular flexibility index (Phi) is 5.90. The summed E-state index contributed by atoms with van der Waals surface area (Å²) in [4.78, 5) is 15.8. The zero-order valence-corrected chi connectivity index (χ0v) is 16.7. The molecule has 6 nitrogen and oxygen atoms in total. The maximum Gasteiger partial charge on any atom is 0.491 e. The lowest BCUT2D eigenvalue weighted by atomic mass is 9.71. The van der Waals surface area contributed by atoms with Gasteiger partial charge < -0.3 is 20.1 Å². The first kappa shape index (κ1) is 21.9. The Labute approximate surface area is 181 Å². The zero-order chi connectivity index (χ0) is 22.9. The maximum atomic E-state index is 13.0. The molecule has 1 aliphatic rings. The second kappa shape index (κ2) is 8.64. The average molecular weight is 442 g/mol. The van der Waals surface area contributed by atoms with Crippen LogP contribution >= 0.6 is 0 Å². The molecule has 3 aromatic rings. The SMILES string of the molecule is NC(=O)c1ccc(C2Cc3ccc(C(F)(F)F)cc3B(O)O2)cc1OCc1cccnc1. The predicted molar refractivity (Wildman–Crippen MR) is 110 cm³/mol. The number of fused-ring (bicyclic) bond motifs is 1. The molecule has 164 valence electrons. The number of halogens is 3. The molecule has 0 fully saturated rings. The van der Waals surface area contributed by atoms with Crippen molar-refractivity contribution in [2.24, 2.45) is 5.73 Å². The number of rotatable bonds is 5. The number of hydrogen-bond donors (Lipinski definition) is 2. The number of aromatic nitrogens is 1. The molecule has 1 amide bonds. The highest BCUT2D eigenvalue weighted by atomic mass is 19.4. The van der Waals surface area contributed by atoms with Crippen LogP contribution in [0.4, 0.5) is 13.2 Å². The quantitative estimate of drug-likeness (QED) is 0.593. The lowest BCUT2D eigenvalue weighted by molar-refractivity contribution is -0.137. The van der Waals surface area contributed by atoms with Crippen molar-refractivity contribution >= 4 is 18.5 Å². The number of pyridine rings is 1. The standard InChI is InChI=1S/C22H18BF3N2O4/c24-22(25,26)16-5-3-14-8-19(32-23(30)18(14)10-16)15-4-6-17(21(27)29)20(9-15)31-12-13-2-1-7-28-11-13/h1-7,9-11,19,30H,8,12H2,(H2,27,29). The minimum absolute atomic E-state index is 0.0814. The van der Waals surface area contributed by atoms with E-state index in [9.17, 15) is 23.0 Å². The van der Waals surface area contributed by atoms with Crippen LogP contribution in [0.15, 0.2) is 60.9 Å². The smallest absolute Gasteiger partial charge is 0.488 e. The summed E-state index contributed by atoms with van der Waals surface area (Å²) in [6, 6.07) is 11.5. The highest BCUT2D eigenvalue weighted by molar-refractivity contribution is 6.61. The molecule has 1 atom stereocenters. The van der Waals surface area contributed by atoms with E-state index in [0.717, 1.165) is 17.7 Å². The number of carbonyl (C=O) groups excluding carboxylic acids is 1. The molecule has 0 saturated heterocycles. The van der Waals surface area contributed by atoms with E-state index in [1.54, 1.807) is 30.6 Å². The van der Waals surface area contributed by atoms with Gasteiger partial charge in [-0.3, -0.25) is 9.78 Å². The van der Waals surface area contributed by atoms with Crippen molar-refractivity contribution in [2.45, 2.75) is 25.3 Å². The van der Waals surface area contributed by atoms with Crippen molar-refractivity contribution in [2.75, 3.05) is 0 Å². The van der Waals surface area contributed by atoms with Gasteiger partial charge in [0.25, 0.3) is 5.91 Å². The third-order valence-electron chi connectivity index (χ3n) is 5.20. The van der Waals surface area contributed by atoms with Crippen LogP contribution in [0.2, 0.25) is 0 Å². The molecular weight excluding hydrogens is 424 g/mol. The predicted octanol–water partition coefficient (Wildman–Crippen LogP) is 2.78. The summed E-state index contributed by atoms with van der Waals surface area (Å²) in [6.45, 7) is 0.148. The molecule has 32 heavy (non-hydrogen) atoms. The van der Waals surface area contributed by atoms with Gasteiger partial charge >= 0.3 is 13.3 Å². The number of amides is 1. The molecule has 4 rings (SSSR count). The lowest BCUT2D eigenvalue weighted by Gasteiger charge is -2.29. The average Bonchev–Trinajstić information content (AvgIpc) is 2.77. The molecule has 0 saturated carbocycles. The van der Waals surface area contributed by atoms with E-state index in [4.69, 9.17) is 15.1 Å². The van der Waals surface area contributed by atoms with Crippen molar-refractivity contribution in [3.05, 3.63) is 88.7 Å². The second-order valence-electron chi connectivity index (χ2n) is 7.36. The monoisotopic (exact) mass is 442 g/mol. The molecule has 3 N–H and O–H groups in total. The highest BCUT2D eigenvalue weighted by Gasteiger charge is 2.36. The van der Waals surface area contributed by atoms with Crippen molar-refractivity contribution < 1.29 is 32.4 Å². The number of alkyl halides is 3. The number of benzene rings is 2. The van der Waals surface area contributed by atoms with Gasteiger partial charge in [0.05, 0.1) is 17.2 Å². The third-order valence-corrected chi connectivity index (χ3v) is 5.20. The summed E-state index contributed by atoms with van der Waals surface area (Å²) >= 11 is 0. The highest BCUT2D eigenvalue weighted by Crippen LogP contribution is 2.33. The minimum atomic E-state index is -4.52. The van der Waals surface area contributed by atoms with E-state index in [0.29, 0.717) is 11.1 Å². The molecule has 2 aromatic carbocycles. The fourth-order valence-electron chi connectivity index (χ4n) is 3.57. The van der Waals surface area contributed by atoms with Crippen LogP contribution < -0.4 is 15.9 Å². The van der Waals surface area contributed by atoms with Gasteiger partial charge in [-0.2, -0.15) is 13.2 Å². The van der Waals surface area contributed by atoms with E-state index < -0.39 is 30.9 Å². The fraction of sp³-hybridized carbons (Fsp3) is 0.182. The minimum Gasteiger partial charge on any atom is -0.488 e. The molecule has 1 aliphatic heterocycles. The van der Waals surface area contributed by atoms with Crippen molar-refractivity contribution in [1.29, 1.82) is 0 Å². The van der Waals surface area contributed by atoms with Gasteiger partial charge in [0.15, 0.2) is 0 Å². The zero-order valence-electron chi connectivity index (χ0n) is 16.7. The summed E-state index contributed by atoms with van der Waals surface area (Å²) in [6.07, 6.45) is -1.68. The molecule has 1 unspecified atom stereocenters.